The van der Waals surface area contributed by atoms with Gasteiger partial charge in [-0.05, 0) is 263 Å². The second kappa shape index (κ2) is 41.8. The molecule has 0 saturated carbocycles. The van der Waals surface area contributed by atoms with Gasteiger partial charge >= 0.3 is 0 Å². The molecule has 0 unspecified atom stereocenters. The van der Waals surface area contributed by atoms with E-state index in [9.17, 15) is 0 Å². The molecule has 1 N–H and O–H groups in total. The van der Waals surface area contributed by atoms with Crippen LogP contribution in [0.5, 0.6) is 5.75 Å². The Hall–Kier alpha value is -9.24. The second-order valence-electron chi connectivity index (χ2n) is 22.7. The number of rotatable bonds is 2. The van der Waals surface area contributed by atoms with E-state index in [-0.39, 0.29) is 0 Å². The number of phenolic OH excluding ortho intramolecular Hbond substituents is 1. The van der Waals surface area contributed by atoms with Gasteiger partial charge in [-0.25, -0.2) is 24.9 Å². The van der Waals surface area contributed by atoms with Gasteiger partial charge in [-0.1, -0.05) is 59.2 Å². The van der Waals surface area contributed by atoms with Crippen molar-refractivity contribution in [2.75, 3.05) is 37.0 Å². The molecule has 0 amide bonds. The zero-order valence-electron chi connectivity index (χ0n) is 57.5. The van der Waals surface area contributed by atoms with E-state index in [0.717, 1.165) is 79.7 Å². The van der Waals surface area contributed by atoms with Gasteiger partial charge < -0.3 is 14.9 Å². The highest BCUT2D eigenvalue weighted by molar-refractivity contribution is 5.43. The summed E-state index contributed by atoms with van der Waals surface area (Å²) in [4.78, 5) is 37.2. The summed E-state index contributed by atoms with van der Waals surface area (Å²) in [5.74, 6) is 2.32. The predicted octanol–water partition coefficient (Wildman–Crippen LogP) is 16.1. The van der Waals surface area contributed by atoms with E-state index in [1.807, 2.05) is 189 Å². The molecule has 2 aromatic carbocycles. The lowest BCUT2D eigenvalue weighted by atomic mass is 10.1. The van der Waals surface area contributed by atoms with Crippen LogP contribution in [-0.4, -0.2) is 92.6 Å². The molecule has 0 atom stereocenters. The molecule has 0 spiro atoms. The minimum atomic E-state index is 0.376. The molecule has 1 aliphatic rings. The molecule has 0 aliphatic carbocycles. The molecular weight excluding hydrogens is 1100 g/mol. The summed E-state index contributed by atoms with van der Waals surface area (Å²) in [6.45, 7) is 42.6. The number of hydrogen-bond acceptors (Lipinski definition) is 15. The standard InChI is InChI=1S/C11H16N2.C8H13N3.C8H10O.C8H10.3C7H9N.3C6H8N2/c1-9-7-10(2)12-11(8-9)13-5-3-4-6-13;1-6-5-7(2)10-8(9-6)11(3)4;1-6-3-4-8(9)7(2)5-6;1-7-4-3-5-8(2)6-7;1-6-3-7(2)5-8-4-6;2*1-6-3-4-8-7(2)5-6;1-5-3-6(2)8-4-7-5;2*1-5-3-6(2)8-7-4-5/h7-8H,3-6H2,1-2H3;5H,1-4H3;3-5,9H,1-2H3;3-6H,1-2H3;3*3-5H,1-2H3;3*3-4H,1-2H3. The summed E-state index contributed by atoms with van der Waals surface area (Å²) in [6.07, 6.45) is 15.0. The van der Waals surface area contributed by atoms with Crippen molar-refractivity contribution in [3.63, 3.8) is 0 Å². The van der Waals surface area contributed by atoms with Crippen molar-refractivity contribution in [1.82, 2.24) is 60.3 Å². The highest BCUT2D eigenvalue weighted by Gasteiger charge is 2.13. The van der Waals surface area contributed by atoms with E-state index in [0.29, 0.717) is 5.75 Å². The quantitative estimate of drug-likeness (QED) is 0.172. The van der Waals surface area contributed by atoms with Crippen LogP contribution < -0.4 is 9.80 Å². The number of anilines is 2. The van der Waals surface area contributed by atoms with Crippen LogP contribution in [0.4, 0.5) is 11.8 Å². The SMILES string of the molecule is Cc1cc(C)nc(N(C)C)n1.Cc1cc(C)nc(N2CCCC2)c1.Cc1cc(C)ncn1.Cc1ccc(O)c(C)c1.Cc1cccc(C)c1.Cc1ccnc(C)c1.Cc1ccnc(C)c1.Cc1cncc(C)c1.Cc1cnnc(C)c1.Cc1cnnc(C)c1. The first kappa shape index (κ1) is 75.9. The topological polar surface area (TPSA) is 181 Å². The van der Waals surface area contributed by atoms with E-state index in [1.54, 1.807) is 24.8 Å². The van der Waals surface area contributed by atoms with Crippen LogP contribution in [0.15, 0.2) is 153 Å². The van der Waals surface area contributed by atoms with Gasteiger partial charge in [0.2, 0.25) is 5.95 Å². The third kappa shape index (κ3) is 36.5. The van der Waals surface area contributed by atoms with Gasteiger partial charge in [0, 0.05) is 91.8 Å². The third-order valence-electron chi connectivity index (χ3n) is 12.3. The zero-order chi connectivity index (χ0) is 66.4. The van der Waals surface area contributed by atoms with E-state index in [4.69, 9.17) is 5.11 Å². The number of benzene rings is 2. The molecule has 0 bridgehead atoms. The maximum atomic E-state index is 9.04. The van der Waals surface area contributed by atoms with Gasteiger partial charge in [-0.15, -0.1) is 0 Å². The van der Waals surface area contributed by atoms with Crippen molar-refractivity contribution in [1.29, 1.82) is 0 Å². The molecule has 9 heterocycles. The van der Waals surface area contributed by atoms with Gasteiger partial charge in [-0.3, -0.25) is 15.0 Å². The fourth-order valence-electron chi connectivity index (χ4n) is 8.33. The van der Waals surface area contributed by atoms with Crippen LogP contribution >= 0.6 is 0 Å². The Balaban J connectivity index is 0.000000339. The van der Waals surface area contributed by atoms with Crippen LogP contribution in [0.3, 0.4) is 0 Å². The Bertz CT molecular complexity index is 3030. The fraction of sp³-hybridized carbons (Fsp3) is 0.351. The first-order valence-corrected chi connectivity index (χ1v) is 30.0. The van der Waals surface area contributed by atoms with Crippen molar-refractivity contribution >= 4 is 11.8 Å². The number of hydrogen-bond donors (Lipinski definition) is 1. The first-order chi connectivity index (χ1) is 42.1. The van der Waals surface area contributed by atoms with Crippen LogP contribution in [0.2, 0.25) is 0 Å². The van der Waals surface area contributed by atoms with Gasteiger partial charge in [0.15, 0.2) is 0 Å². The van der Waals surface area contributed by atoms with Crippen LogP contribution in [0, 0.1) is 138 Å². The number of aromatic nitrogens is 12. The predicted molar refractivity (Wildman–Crippen MR) is 370 cm³/mol. The Labute approximate surface area is 533 Å². The molecule has 10 aromatic rings. The van der Waals surface area contributed by atoms with E-state index < -0.39 is 0 Å². The van der Waals surface area contributed by atoms with Crippen LogP contribution in [0.25, 0.3) is 0 Å². The summed E-state index contributed by atoms with van der Waals surface area (Å²) >= 11 is 0. The van der Waals surface area contributed by atoms with E-state index in [2.05, 4.69) is 161 Å². The normalized spacial score (nSPS) is 10.4. The highest BCUT2D eigenvalue weighted by Crippen LogP contribution is 2.20. The Morgan fingerprint density at radius 3 is 1.07 bits per heavy atom. The summed E-state index contributed by atoms with van der Waals surface area (Å²) in [5, 5.41) is 24.1. The maximum Gasteiger partial charge on any atom is 0.225 e. The first-order valence-electron chi connectivity index (χ1n) is 30.0. The van der Waals surface area contributed by atoms with Crippen LogP contribution in [-0.2, 0) is 0 Å². The average Bonchev–Trinajstić information content (AvgIpc) is 3.99. The monoisotopic (exact) mass is 1200 g/mol. The lowest BCUT2D eigenvalue weighted by Gasteiger charge is -2.17. The molecule has 15 nitrogen and oxygen atoms in total. The number of phenols is 1. The van der Waals surface area contributed by atoms with E-state index in [1.165, 1.54) is 70.4 Å². The summed E-state index contributed by atoms with van der Waals surface area (Å²) in [7, 11) is 3.88. The van der Waals surface area contributed by atoms with E-state index >= 15 is 0 Å². The third-order valence-corrected chi connectivity index (χ3v) is 12.3. The molecule has 472 valence electrons. The second-order valence-corrected chi connectivity index (χ2v) is 22.7. The molecule has 1 saturated heterocycles. The minimum Gasteiger partial charge on any atom is -0.508 e. The lowest BCUT2D eigenvalue weighted by molar-refractivity contribution is 0.471. The Morgan fingerprint density at radius 2 is 0.753 bits per heavy atom. The molecule has 0 radical (unpaired) electrons. The maximum absolute atomic E-state index is 9.04. The molecule has 15 heteroatoms. The molecule has 8 aromatic heterocycles. The van der Waals surface area contributed by atoms with Crippen molar-refractivity contribution in [3.8, 4) is 5.75 Å². The largest absolute Gasteiger partial charge is 0.508 e. The average molecular weight is 1200 g/mol. The number of aryl methyl sites for hydroxylation is 20. The van der Waals surface area contributed by atoms with Crippen molar-refractivity contribution in [3.05, 3.63) is 265 Å². The van der Waals surface area contributed by atoms with Crippen molar-refractivity contribution in [2.45, 2.75) is 151 Å². The van der Waals surface area contributed by atoms with Crippen molar-refractivity contribution < 1.29 is 5.11 Å². The van der Waals surface area contributed by atoms with Gasteiger partial charge in [0.05, 0.1) is 23.8 Å². The smallest absolute Gasteiger partial charge is 0.225 e. The van der Waals surface area contributed by atoms with Crippen molar-refractivity contribution in [2.24, 2.45) is 0 Å². The number of nitrogens with zero attached hydrogens (tertiary/aromatic N) is 14. The van der Waals surface area contributed by atoms with Crippen LogP contribution in [0.1, 0.15) is 125 Å². The van der Waals surface area contributed by atoms with Gasteiger partial charge in [-0.2, -0.15) is 20.4 Å². The highest BCUT2D eigenvalue weighted by atomic mass is 16.3. The van der Waals surface area contributed by atoms with Gasteiger partial charge in [0.1, 0.15) is 17.9 Å². The van der Waals surface area contributed by atoms with Gasteiger partial charge in [0.25, 0.3) is 0 Å². The molecular formula is C74H100N14O. The number of aromatic hydroxyl groups is 1. The molecule has 1 aliphatic heterocycles. The lowest BCUT2D eigenvalue weighted by Crippen LogP contribution is -2.19. The molecule has 1 fully saturated rings. The molecule has 11 rings (SSSR count). The summed E-state index contributed by atoms with van der Waals surface area (Å²) < 4.78 is 0. The minimum absolute atomic E-state index is 0.376. The molecule has 89 heavy (non-hydrogen) atoms. The Morgan fingerprint density at radius 1 is 0.360 bits per heavy atom. The number of pyridine rings is 4. The Kier molecular flexibility index (Phi) is 35.6. The fourth-order valence-corrected chi connectivity index (χ4v) is 8.33. The zero-order valence-corrected chi connectivity index (χ0v) is 57.5. The summed E-state index contributed by atoms with van der Waals surface area (Å²) in [5.41, 5.74) is 22.8. The summed E-state index contributed by atoms with van der Waals surface area (Å²) in [6, 6.07) is 36.4.